The normalized spacial score (nSPS) is 12.2. The molecule has 7 heteroatoms. The Morgan fingerprint density at radius 3 is 2.12 bits per heavy atom. The molecular formula is C42H43IrN3OSi2-2. The van der Waals surface area contributed by atoms with Crippen LogP contribution in [0.2, 0.25) is 39.3 Å². The number of furan rings is 1. The van der Waals surface area contributed by atoms with Gasteiger partial charge in [-0.05, 0) is 34.6 Å². The zero-order valence-electron chi connectivity index (χ0n) is 30.5. The summed E-state index contributed by atoms with van der Waals surface area (Å²) in [6.07, 6.45) is 3.78. The van der Waals surface area contributed by atoms with Gasteiger partial charge in [0.05, 0.1) is 19.4 Å². The van der Waals surface area contributed by atoms with E-state index >= 15 is 0 Å². The molecule has 0 saturated carbocycles. The first-order chi connectivity index (χ1) is 23.2. The third-order valence-electron chi connectivity index (χ3n) is 8.39. The van der Waals surface area contributed by atoms with Gasteiger partial charge in [-0.2, -0.15) is 0 Å². The molecule has 0 aliphatic rings. The van der Waals surface area contributed by atoms with Crippen molar-refractivity contribution in [1.29, 1.82) is 0 Å². The number of aromatic nitrogens is 3. The van der Waals surface area contributed by atoms with Crippen LogP contribution in [0.4, 0.5) is 0 Å². The van der Waals surface area contributed by atoms with E-state index in [0.29, 0.717) is 0 Å². The van der Waals surface area contributed by atoms with Gasteiger partial charge in [-0.1, -0.05) is 118 Å². The molecule has 0 spiro atoms. The fourth-order valence-corrected chi connectivity index (χ4v) is 8.41. The standard InChI is InChI=1S/C25H21N2OSi.C17H22NSi.Ir/c1-29(2,3)22-16-21-23(24(27-22)17-10-5-4-6-11-17)19-13-9-12-18(25(19)28-21)20-14-7-8-15-26-20;1-13(2)15-11-16(14-9-7-6-8-10-14)18-12-17(15)19(3,4)5;/h4-11,13-16H,1-3H3;6-9,11-13H,1-5H3;/q2*-1;/i;13D;. The second kappa shape index (κ2) is 14.9. The van der Waals surface area contributed by atoms with Gasteiger partial charge in [0.1, 0.15) is 13.7 Å². The predicted molar refractivity (Wildman–Crippen MR) is 208 cm³/mol. The van der Waals surface area contributed by atoms with Crippen molar-refractivity contribution in [2.45, 2.75) is 59.0 Å². The molecule has 4 nitrogen and oxygen atoms in total. The molecule has 0 fully saturated rings. The Balaban J connectivity index is 0.000000204. The first-order valence-corrected chi connectivity index (χ1v) is 23.4. The van der Waals surface area contributed by atoms with E-state index < -0.39 is 22.0 Å². The van der Waals surface area contributed by atoms with Crippen LogP contribution in [0.15, 0.2) is 114 Å². The third-order valence-corrected chi connectivity index (χ3v) is 12.2. The molecule has 0 aliphatic carbocycles. The van der Waals surface area contributed by atoms with E-state index in [1.165, 1.54) is 5.19 Å². The molecule has 4 heterocycles. The maximum atomic E-state index is 8.44. The molecule has 0 amide bonds. The minimum absolute atomic E-state index is 0. The van der Waals surface area contributed by atoms with E-state index in [1.54, 1.807) is 6.20 Å². The smallest absolute Gasteiger partial charge is 0.124 e. The zero-order chi connectivity index (χ0) is 35.0. The molecule has 3 aromatic carbocycles. The number of hydrogen-bond donors (Lipinski definition) is 0. The average Bonchev–Trinajstić information content (AvgIpc) is 3.47. The van der Waals surface area contributed by atoms with Gasteiger partial charge in [0, 0.05) is 50.1 Å². The molecule has 0 saturated heterocycles. The summed E-state index contributed by atoms with van der Waals surface area (Å²) in [4.78, 5) is 14.3. The Hall–Kier alpha value is -4.01. The molecule has 0 aliphatic heterocycles. The van der Waals surface area contributed by atoms with Gasteiger partial charge in [-0.25, -0.2) is 0 Å². The van der Waals surface area contributed by atoms with E-state index in [1.807, 2.05) is 74.6 Å². The summed E-state index contributed by atoms with van der Waals surface area (Å²) in [5.41, 5.74) is 8.51. The van der Waals surface area contributed by atoms with E-state index in [2.05, 4.69) is 104 Å². The maximum absolute atomic E-state index is 8.44. The van der Waals surface area contributed by atoms with Crippen LogP contribution in [0.3, 0.4) is 0 Å². The minimum atomic E-state index is -1.63. The molecule has 4 aromatic heterocycles. The summed E-state index contributed by atoms with van der Waals surface area (Å²) in [5, 5.41) is 4.52. The van der Waals surface area contributed by atoms with Crippen LogP contribution >= 0.6 is 0 Å². The van der Waals surface area contributed by atoms with Gasteiger partial charge >= 0.3 is 0 Å². The summed E-state index contributed by atoms with van der Waals surface area (Å²) in [7, 11) is -3.14. The van der Waals surface area contributed by atoms with Gasteiger partial charge in [-0.15, -0.1) is 54.1 Å². The van der Waals surface area contributed by atoms with Gasteiger partial charge in [-0.3, -0.25) is 4.98 Å². The van der Waals surface area contributed by atoms with Crippen molar-refractivity contribution < 1.29 is 25.9 Å². The minimum Gasteiger partial charge on any atom is -0.500 e. The predicted octanol–water partition coefficient (Wildman–Crippen LogP) is 10.3. The molecule has 49 heavy (non-hydrogen) atoms. The monoisotopic (exact) mass is 855 g/mol. The van der Waals surface area contributed by atoms with E-state index in [9.17, 15) is 0 Å². The van der Waals surface area contributed by atoms with Crippen molar-refractivity contribution in [3.05, 3.63) is 127 Å². The Labute approximate surface area is 307 Å². The molecule has 0 atom stereocenters. The van der Waals surface area contributed by atoms with E-state index in [0.717, 1.165) is 66.6 Å². The topological polar surface area (TPSA) is 51.8 Å². The summed E-state index contributed by atoms with van der Waals surface area (Å²) < 4.78 is 14.9. The third kappa shape index (κ3) is 7.92. The molecule has 0 N–H and O–H groups in total. The van der Waals surface area contributed by atoms with Crippen molar-refractivity contribution in [3.8, 4) is 33.8 Å². The largest absolute Gasteiger partial charge is 0.500 e. The van der Waals surface area contributed by atoms with Crippen molar-refractivity contribution in [3.63, 3.8) is 0 Å². The number of rotatable bonds is 6. The average molecular weight is 855 g/mol. The Morgan fingerprint density at radius 1 is 0.755 bits per heavy atom. The zero-order valence-corrected chi connectivity index (χ0v) is 33.9. The molecule has 1 radical (unpaired) electrons. The second-order valence-corrected chi connectivity index (χ2v) is 24.5. The fraction of sp³-hybridized carbons (Fsp3) is 0.214. The number of pyridine rings is 3. The molecular weight excluding hydrogens is 811 g/mol. The second-order valence-electron chi connectivity index (χ2n) is 14.4. The number of benzene rings is 3. The summed E-state index contributed by atoms with van der Waals surface area (Å²) in [6, 6.07) is 38.9. The van der Waals surface area contributed by atoms with Crippen LogP contribution < -0.4 is 10.5 Å². The molecule has 0 bridgehead atoms. The van der Waals surface area contributed by atoms with Crippen LogP contribution in [-0.2, 0) is 20.1 Å². The van der Waals surface area contributed by atoms with Gasteiger partial charge in [0.15, 0.2) is 0 Å². The van der Waals surface area contributed by atoms with E-state index in [4.69, 9.17) is 10.8 Å². The van der Waals surface area contributed by atoms with Crippen LogP contribution in [0.1, 0.15) is 26.7 Å². The van der Waals surface area contributed by atoms with E-state index in [-0.39, 0.29) is 20.1 Å². The molecule has 0 unspecified atom stereocenters. The number of fused-ring (bicyclic) bond motifs is 3. The number of nitrogens with zero attached hydrogens (tertiary/aromatic N) is 3. The Bertz CT molecular complexity index is 2220. The maximum Gasteiger partial charge on any atom is 0.124 e. The summed E-state index contributed by atoms with van der Waals surface area (Å²) in [6.45, 7) is 17.7. The van der Waals surface area contributed by atoms with Gasteiger partial charge in [0.25, 0.3) is 0 Å². The SMILES string of the molecule is C[Si](C)(C)c1cc2oc3c(-c4ccccn4)[c-]ccc3c2c(-c2ccccc2)n1.[2H]C(C)(C)c1cc(-c2[c-]cccc2)ncc1[Si](C)(C)C.[Ir]. The first kappa shape index (κ1) is 34.8. The summed E-state index contributed by atoms with van der Waals surface area (Å²) in [5.74, 6) is -0.609. The van der Waals surface area contributed by atoms with Crippen molar-refractivity contribution >= 4 is 48.6 Å². The fourth-order valence-electron chi connectivity index (χ4n) is 5.82. The Kier molecular flexibility index (Phi) is 10.6. The summed E-state index contributed by atoms with van der Waals surface area (Å²) >= 11 is 0. The van der Waals surface area contributed by atoms with Crippen molar-refractivity contribution in [2.75, 3.05) is 0 Å². The van der Waals surface area contributed by atoms with Crippen LogP contribution in [0, 0.1) is 12.1 Å². The van der Waals surface area contributed by atoms with Crippen molar-refractivity contribution in [1.82, 2.24) is 15.0 Å². The molecule has 7 rings (SSSR count). The van der Waals surface area contributed by atoms with Crippen LogP contribution in [-0.4, -0.2) is 31.1 Å². The molecule has 7 aromatic rings. The number of hydrogen-bond acceptors (Lipinski definition) is 4. The first-order valence-electron chi connectivity index (χ1n) is 16.9. The quantitative estimate of drug-likeness (QED) is 0.124. The van der Waals surface area contributed by atoms with Crippen LogP contribution in [0.5, 0.6) is 0 Å². The van der Waals surface area contributed by atoms with Crippen LogP contribution in [0.25, 0.3) is 55.7 Å². The van der Waals surface area contributed by atoms with Gasteiger partial charge < -0.3 is 14.4 Å². The molecule has 251 valence electrons. The van der Waals surface area contributed by atoms with Gasteiger partial charge in [0.2, 0.25) is 0 Å². The Morgan fingerprint density at radius 2 is 1.49 bits per heavy atom. The van der Waals surface area contributed by atoms with Crippen molar-refractivity contribution in [2.24, 2.45) is 0 Å².